The predicted molar refractivity (Wildman–Crippen MR) is 42.3 cm³/mol. The molecule has 3 nitrogen and oxygen atoms in total. The molecule has 1 atom stereocenters. The van der Waals surface area contributed by atoms with Crippen molar-refractivity contribution in [1.29, 1.82) is 0 Å². The third kappa shape index (κ3) is 1.32. The lowest BCUT2D eigenvalue weighted by Crippen LogP contribution is -2.43. The molecule has 0 aromatic rings. The first kappa shape index (κ1) is 8.37. The van der Waals surface area contributed by atoms with Crippen LogP contribution in [0.2, 0.25) is 0 Å². The Kier molecular flexibility index (Phi) is 1.62. The van der Waals surface area contributed by atoms with Crippen LogP contribution in [0.3, 0.4) is 0 Å². The fraction of sp³-hybridized carbons (Fsp3) is 0.875. The van der Waals surface area contributed by atoms with Crippen molar-refractivity contribution in [3.63, 3.8) is 0 Å². The molecular weight excluding hydrogens is 142 g/mol. The van der Waals surface area contributed by atoms with Crippen molar-refractivity contribution in [2.75, 3.05) is 6.54 Å². The van der Waals surface area contributed by atoms with Gasteiger partial charge in [-0.3, -0.25) is 0 Å². The lowest BCUT2D eigenvalue weighted by molar-refractivity contribution is -0.0153. The number of amides is 1. The number of hydrogen-bond donors (Lipinski definition) is 1. The summed E-state index contributed by atoms with van der Waals surface area (Å²) < 4.78 is 5.16. The largest absolute Gasteiger partial charge is 0.441 e. The maximum absolute atomic E-state index is 10.8. The van der Waals surface area contributed by atoms with Gasteiger partial charge in [-0.25, -0.2) is 4.79 Å². The minimum absolute atomic E-state index is 0.00778. The van der Waals surface area contributed by atoms with E-state index in [-0.39, 0.29) is 17.1 Å². The predicted octanol–water partition coefficient (Wildman–Crippen LogP) is 1.53. The molecular formula is C8H15NO2. The Morgan fingerprint density at radius 3 is 2.27 bits per heavy atom. The zero-order chi connectivity index (χ0) is 8.70. The molecule has 1 fully saturated rings. The minimum atomic E-state index is -0.357. The highest BCUT2D eigenvalue weighted by molar-refractivity contribution is 5.70. The standard InChI is InChI=1S/C8H15NO2/c1-7(2,3)8(4)5-9-6(10)11-8/h5H2,1-4H3,(H,9,10)/t8-/m1/s1. The fourth-order valence-corrected chi connectivity index (χ4v) is 0.936. The molecule has 0 saturated carbocycles. The van der Waals surface area contributed by atoms with Crippen LogP contribution in [-0.4, -0.2) is 18.2 Å². The summed E-state index contributed by atoms with van der Waals surface area (Å²) >= 11 is 0. The Hall–Kier alpha value is -0.730. The van der Waals surface area contributed by atoms with Crippen LogP contribution in [0, 0.1) is 5.41 Å². The molecule has 3 heteroatoms. The highest BCUT2D eigenvalue weighted by Crippen LogP contribution is 2.35. The number of nitrogens with one attached hydrogen (secondary N) is 1. The SMILES string of the molecule is CC(C)(C)[C@@]1(C)CNC(=O)O1. The third-order valence-corrected chi connectivity index (χ3v) is 2.47. The lowest BCUT2D eigenvalue weighted by atomic mass is 9.78. The number of alkyl carbamates (subject to hydrolysis) is 1. The van der Waals surface area contributed by atoms with Crippen molar-refractivity contribution >= 4 is 6.09 Å². The average Bonchev–Trinajstić information content (AvgIpc) is 2.10. The second kappa shape index (κ2) is 2.13. The molecule has 1 saturated heterocycles. The molecule has 0 spiro atoms. The summed E-state index contributed by atoms with van der Waals surface area (Å²) in [6.45, 7) is 8.74. The van der Waals surface area contributed by atoms with E-state index in [1.54, 1.807) is 0 Å². The molecule has 0 aliphatic carbocycles. The van der Waals surface area contributed by atoms with E-state index in [4.69, 9.17) is 4.74 Å². The van der Waals surface area contributed by atoms with E-state index in [1.165, 1.54) is 0 Å². The van der Waals surface area contributed by atoms with E-state index in [0.717, 1.165) is 0 Å². The van der Waals surface area contributed by atoms with Gasteiger partial charge in [0.05, 0.1) is 6.54 Å². The Morgan fingerprint density at radius 1 is 1.55 bits per heavy atom. The summed E-state index contributed by atoms with van der Waals surface area (Å²) in [7, 11) is 0. The van der Waals surface area contributed by atoms with Gasteiger partial charge in [-0.05, 0) is 6.92 Å². The van der Waals surface area contributed by atoms with Gasteiger partial charge >= 0.3 is 6.09 Å². The molecule has 0 aromatic heterocycles. The summed E-state index contributed by atoms with van der Waals surface area (Å²) in [5, 5.41) is 2.66. The molecule has 11 heavy (non-hydrogen) atoms. The molecule has 0 aromatic carbocycles. The van der Waals surface area contributed by atoms with Gasteiger partial charge in [-0.15, -0.1) is 0 Å². The first-order valence-corrected chi connectivity index (χ1v) is 3.82. The van der Waals surface area contributed by atoms with E-state index < -0.39 is 0 Å². The normalized spacial score (nSPS) is 31.5. The van der Waals surface area contributed by atoms with Crippen LogP contribution >= 0.6 is 0 Å². The number of hydrogen-bond acceptors (Lipinski definition) is 2. The van der Waals surface area contributed by atoms with Gasteiger partial charge in [-0.1, -0.05) is 20.8 Å². The van der Waals surface area contributed by atoms with Crippen LogP contribution in [0.25, 0.3) is 0 Å². The van der Waals surface area contributed by atoms with Crippen LogP contribution in [0.4, 0.5) is 4.79 Å². The maximum atomic E-state index is 10.8. The molecule has 1 amide bonds. The Morgan fingerprint density at radius 2 is 2.09 bits per heavy atom. The van der Waals surface area contributed by atoms with Crippen molar-refractivity contribution in [2.45, 2.75) is 33.3 Å². The molecule has 1 N–H and O–H groups in total. The van der Waals surface area contributed by atoms with Gasteiger partial charge in [-0.2, -0.15) is 0 Å². The summed E-state index contributed by atoms with van der Waals surface area (Å²) in [5.74, 6) is 0. The van der Waals surface area contributed by atoms with Gasteiger partial charge < -0.3 is 10.1 Å². The Labute approximate surface area is 67.1 Å². The number of cyclic esters (lactones) is 1. The van der Waals surface area contributed by atoms with Crippen molar-refractivity contribution in [3.8, 4) is 0 Å². The fourth-order valence-electron chi connectivity index (χ4n) is 0.936. The van der Waals surface area contributed by atoms with Gasteiger partial charge in [0.2, 0.25) is 0 Å². The highest BCUT2D eigenvalue weighted by Gasteiger charge is 2.45. The zero-order valence-electron chi connectivity index (χ0n) is 7.52. The quantitative estimate of drug-likeness (QED) is 0.579. The molecule has 0 unspecified atom stereocenters. The van der Waals surface area contributed by atoms with E-state index >= 15 is 0 Å². The van der Waals surface area contributed by atoms with Crippen molar-refractivity contribution in [3.05, 3.63) is 0 Å². The lowest BCUT2D eigenvalue weighted by Gasteiger charge is -2.35. The molecule has 1 aliphatic heterocycles. The number of rotatable bonds is 0. The van der Waals surface area contributed by atoms with Crippen LogP contribution < -0.4 is 5.32 Å². The van der Waals surface area contributed by atoms with Crippen molar-refractivity contribution < 1.29 is 9.53 Å². The van der Waals surface area contributed by atoms with Crippen molar-refractivity contribution in [2.24, 2.45) is 5.41 Å². The molecule has 0 bridgehead atoms. The van der Waals surface area contributed by atoms with E-state index in [9.17, 15) is 4.79 Å². The summed E-state index contributed by atoms with van der Waals surface area (Å²) in [6, 6.07) is 0. The monoisotopic (exact) mass is 157 g/mol. The summed E-state index contributed by atoms with van der Waals surface area (Å²) in [6.07, 6.45) is -0.303. The summed E-state index contributed by atoms with van der Waals surface area (Å²) in [4.78, 5) is 10.8. The summed E-state index contributed by atoms with van der Waals surface area (Å²) in [5.41, 5.74) is -0.365. The third-order valence-electron chi connectivity index (χ3n) is 2.47. The van der Waals surface area contributed by atoms with Gasteiger partial charge in [0.15, 0.2) is 0 Å². The molecule has 0 radical (unpaired) electrons. The maximum Gasteiger partial charge on any atom is 0.407 e. The molecule has 1 aliphatic rings. The Balaban J connectivity index is 2.77. The van der Waals surface area contributed by atoms with E-state index in [2.05, 4.69) is 26.1 Å². The molecule has 64 valence electrons. The smallest absolute Gasteiger partial charge is 0.407 e. The van der Waals surface area contributed by atoms with Gasteiger partial charge in [0.25, 0.3) is 0 Å². The average molecular weight is 157 g/mol. The number of ether oxygens (including phenoxy) is 1. The number of carbonyl (C=O) groups excluding carboxylic acids is 1. The first-order valence-electron chi connectivity index (χ1n) is 3.82. The highest BCUT2D eigenvalue weighted by atomic mass is 16.6. The minimum Gasteiger partial charge on any atom is -0.441 e. The molecule has 1 heterocycles. The van der Waals surface area contributed by atoms with Crippen LogP contribution in [-0.2, 0) is 4.74 Å². The van der Waals surface area contributed by atoms with Crippen LogP contribution in [0.15, 0.2) is 0 Å². The van der Waals surface area contributed by atoms with E-state index in [0.29, 0.717) is 6.54 Å². The Bertz CT molecular complexity index is 183. The number of carbonyl (C=O) groups is 1. The molecule has 1 rings (SSSR count). The van der Waals surface area contributed by atoms with Gasteiger partial charge in [0, 0.05) is 5.41 Å². The van der Waals surface area contributed by atoms with Crippen LogP contribution in [0.5, 0.6) is 0 Å². The zero-order valence-corrected chi connectivity index (χ0v) is 7.52. The second-order valence-corrected chi connectivity index (χ2v) is 4.22. The van der Waals surface area contributed by atoms with Crippen molar-refractivity contribution in [1.82, 2.24) is 5.32 Å². The second-order valence-electron chi connectivity index (χ2n) is 4.22. The van der Waals surface area contributed by atoms with E-state index in [1.807, 2.05) is 6.92 Å². The first-order chi connectivity index (χ1) is 4.85. The van der Waals surface area contributed by atoms with Crippen LogP contribution in [0.1, 0.15) is 27.7 Å². The topological polar surface area (TPSA) is 38.3 Å². The van der Waals surface area contributed by atoms with Gasteiger partial charge in [0.1, 0.15) is 5.60 Å².